The number of anilines is 5. The monoisotopic (exact) mass is 848 g/mol. The summed E-state index contributed by atoms with van der Waals surface area (Å²) in [6.07, 6.45) is 23.8. The molecule has 0 spiro atoms. The van der Waals surface area contributed by atoms with E-state index in [-0.39, 0.29) is 5.41 Å². The van der Waals surface area contributed by atoms with E-state index in [1.807, 2.05) is 0 Å². The summed E-state index contributed by atoms with van der Waals surface area (Å²) in [6.45, 7) is 4.82. The second-order valence-electron chi connectivity index (χ2n) is 19.5. The maximum absolute atomic E-state index is 2.53. The van der Waals surface area contributed by atoms with Crippen LogP contribution in [0, 0.1) is 5.92 Å². The van der Waals surface area contributed by atoms with Crippen molar-refractivity contribution in [3.05, 3.63) is 245 Å². The lowest BCUT2D eigenvalue weighted by Gasteiger charge is -2.42. The average Bonchev–Trinajstić information content (AvgIpc) is 3.55. The Labute approximate surface area is 388 Å². The van der Waals surface area contributed by atoms with Crippen molar-refractivity contribution in [3.8, 4) is 11.1 Å². The summed E-state index contributed by atoms with van der Waals surface area (Å²) in [5.41, 5.74) is 21.1. The molecule has 4 aliphatic carbocycles. The zero-order chi connectivity index (χ0) is 43.9. The first-order valence-electron chi connectivity index (χ1n) is 24.0. The van der Waals surface area contributed by atoms with Crippen LogP contribution in [0.2, 0.25) is 0 Å². The van der Waals surface area contributed by atoms with Crippen molar-refractivity contribution in [1.82, 2.24) is 0 Å². The summed E-state index contributed by atoms with van der Waals surface area (Å²) in [4.78, 5) is 5.05. The number of hydrogen-bond donors (Lipinski definition) is 0. The number of para-hydroxylation sites is 1. The molecule has 8 aromatic rings. The summed E-state index contributed by atoms with van der Waals surface area (Å²) >= 11 is 0. The van der Waals surface area contributed by atoms with Gasteiger partial charge in [0.25, 0.3) is 0 Å². The standard InChI is InChI=1S/C64H52N2/c1-64(2)60-20-9-10-21-62(60)66(53-33-36-57-47(38-53)16-11-15-43-12-3-6-17-54(43)57)63-37-28-46(41-61(63)64)42-26-29-50(30-27-42)65(51-31-34-58-48(39-51)24-22-44-13-4-7-18-55(44)58)52-32-35-59-49(40-52)25-23-45-14-5-8-19-56(45)59/h3-10,12-14,17-26,28-29,31-41,44,55H,11,15-16,27,30H2,1-2H3. The van der Waals surface area contributed by atoms with Gasteiger partial charge < -0.3 is 9.80 Å². The number of benzene rings is 8. The molecule has 8 aromatic carbocycles. The number of fused-ring (bicyclic) bond motifs is 11. The Balaban J connectivity index is 0.893. The summed E-state index contributed by atoms with van der Waals surface area (Å²) in [7, 11) is 0. The molecule has 0 aromatic heterocycles. The quantitative estimate of drug-likeness (QED) is 0.159. The molecular weight excluding hydrogens is 797 g/mol. The molecule has 5 aliphatic rings. The molecule has 0 amide bonds. The van der Waals surface area contributed by atoms with Gasteiger partial charge in [-0.15, -0.1) is 0 Å². The van der Waals surface area contributed by atoms with Crippen LogP contribution in [0.25, 0.3) is 44.3 Å². The van der Waals surface area contributed by atoms with E-state index in [9.17, 15) is 0 Å². The molecular formula is C64H52N2. The topological polar surface area (TPSA) is 6.48 Å². The summed E-state index contributed by atoms with van der Waals surface area (Å²) in [6, 6.07) is 60.0. The molecule has 2 nitrogen and oxygen atoms in total. The summed E-state index contributed by atoms with van der Waals surface area (Å²) in [5, 5.41) is 5.12. The largest absolute Gasteiger partial charge is 0.314 e. The molecule has 0 radical (unpaired) electrons. The van der Waals surface area contributed by atoms with Gasteiger partial charge in [-0.3, -0.25) is 0 Å². The van der Waals surface area contributed by atoms with E-state index in [1.54, 1.807) is 0 Å². The molecule has 0 saturated heterocycles. The van der Waals surface area contributed by atoms with Gasteiger partial charge in [0.05, 0.1) is 11.4 Å². The fraction of sp³-hybridized carbons (Fsp3) is 0.156. The number of nitrogens with zero attached hydrogens (tertiary/aromatic N) is 2. The molecule has 13 rings (SSSR count). The van der Waals surface area contributed by atoms with E-state index in [1.165, 1.54) is 118 Å². The van der Waals surface area contributed by atoms with Crippen LogP contribution in [0.15, 0.2) is 206 Å². The van der Waals surface area contributed by atoms with Crippen molar-refractivity contribution >= 4 is 61.6 Å². The Morgan fingerprint density at radius 1 is 0.545 bits per heavy atom. The van der Waals surface area contributed by atoms with Crippen LogP contribution >= 0.6 is 0 Å². The Bertz CT molecular complexity index is 3460. The third-order valence-electron chi connectivity index (χ3n) is 15.4. The fourth-order valence-corrected chi connectivity index (χ4v) is 12.0. The van der Waals surface area contributed by atoms with Gasteiger partial charge in [0, 0.05) is 40.0 Å². The molecule has 318 valence electrons. The molecule has 0 N–H and O–H groups in total. The lowest BCUT2D eigenvalue weighted by atomic mass is 9.72. The molecule has 1 aliphatic heterocycles. The number of rotatable bonds is 5. The van der Waals surface area contributed by atoms with Gasteiger partial charge in [-0.1, -0.05) is 160 Å². The molecule has 0 bridgehead atoms. The van der Waals surface area contributed by atoms with Gasteiger partial charge in [-0.2, -0.15) is 0 Å². The van der Waals surface area contributed by atoms with Crippen molar-refractivity contribution in [2.75, 3.05) is 9.80 Å². The van der Waals surface area contributed by atoms with Crippen molar-refractivity contribution in [3.63, 3.8) is 0 Å². The predicted octanol–water partition coefficient (Wildman–Crippen LogP) is 17.0. The third-order valence-corrected chi connectivity index (χ3v) is 15.4. The molecule has 66 heavy (non-hydrogen) atoms. The summed E-state index contributed by atoms with van der Waals surface area (Å²) < 4.78 is 0. The highest BCUT2D eigenvalue weighted by Gasteiger charge is 2.37. The first kappa shape index (κ1) is 39.0. The molecule has 1 heterocycles. The average molecular weight is 849 g/mol. The molecule has 2 atom stereocenters. The van der Waals surface area contributed by atoms with Crippen LogP contribution in [0.4, 0.5) is 28.4 Å². The zero-order valence-corrected chi connectivity index (χ0v) is 37.7. The fourth-order valence-electron chi connectivity index (χ4n) is 12.0. The highest BCUT2D eigenvalue weighted by Crippen LogP contribution is 2.53. The van der Waals surface area contributed by atoms with E-state index in [4.69, 9.17) is 0 Å². The first-order chi connectivity index (χ1) is 32.5. The normalized spacial score (nSPS) is 18.5. The van der Waals surface area contributed by atoms with Gasteiger partial charge in [0.15, 0.2) is 0 Å². The lowest BCUT2D eigenvalue weighted by molar-refractivity contribution is 0.631. The van der Waals surface area contributed by atoms with E-state index < -0.39 is 0 Å². The van der Waals surface area contributed by atoms with Crippen molar-refractivity contribution in [2.45, 2.75) is 57.3 Å². The lowest BCUT2D eigenvalue weighted by Crippen LogP contribution is -2.30. The van der Waals surface area contributed by atoms with Gasteiger partial charge in [0.2, 0.25) is 0 Å². The highest BCUT2D eigenvalue weighted by molar-refractivity contribution is 6.08. The smallest absolute Gasteiger partial charge is 0.0503 e. The van der Waals surface area contributed by atoms with Crippen LogP contribution in [0.5, 0.6) is 0 Å². The maximum Gasteiger partial charge on any atom is 0.0503 e. The van der Waals surface area contributed by atoms with Gasteiger partial charge in [-0.25, -0.2) is 0 Å². The second-order valence-corrected chi connectivity index (χ2v) is 19.5. The predicted molar refractivity (Wildman–Crippen MR) is 280 cm³/mol. The Morgan fingerprint density at radius 2 is 1.32 bits per heavy atom. The number of aryl methyl sites for hydroxylation is 2. The SMILES string of the molecule is CC1(C)c2ccccc2N(c2ccc3c(c2)CCCc2ccccc2-3)c2ccc(C3=CC=C(N(c4ccc5c(c4)C=CC4C=CC=CC54)c4ccc5c(ccc6ccccc65)c4)CC3)cc21. The van der Waals surface area contributed by atoms with Crippen molar-refractivity contribution in [1.29, 1.82) is 0 Å². The minimum Gasteiger partial charge on any atom is -0.314 e. The van der Waals surface area contributed by atoms with Gasteiger partial charge in [0.1, 0.15) is 0 Å². The third kappa shape index (κ3) is 6.30. The van der Waals surface area contributed by atoms with E-state index in [2.05, 4.69) is 230 Å². The molecule has 2 unspecified atom stereocenters. The van der Waals surface area contributed by atoms with Gasteiger partial charge in [-0.05, 0) is 170 Å². The van der Waals surface area contributed by atoms with Crippen LogP contribution in [-0.4, -0.2) is 0 Å². The Morgan fingerprint density at radius 3 is 2.26 bits per heavy atom. The van der Waals surface area contributed by atoms with Crippen molar-refractivity contribution < 1.29 is 0 Å². The van der Waals surface area contributed by atoms with Crippen LogP contribution in [0.3, 0.4) is 0 Å². The number of allylic oxidation sites excluding steroid dienone is 9. The molecule has 0 fully saturated rings. The maximum atomic E-state index is 2.53. The zero-order valence-electron chi connectivity index (χ0n) is 37.7. The molecule has 0 saturated carbocycles. The first-order valence-corrected chi connectivity index (χ1v) is 24.0. The Kier molecular flexibility index (Phi) is 9.07. The van der Waals surface area contributed by atoms with E-state index >= 15 is 0 Å². The van der Waals surface area contributed by atoms with Crippen LogP contribution in [0.1, 0.15) is 78.0 Å². The number of hydrogen-bond acceptors (Lipinski definition) is 2. The minimum atomic E-state index is -0.178. The van der Waals surface area contributed by atoms with Crippen molar-refractivity contribution in [2.24, 2.45) is 5.92 Å². The molecule has 2 heteroatoms. The second kappa shape index (κ2) is 15.4. The van der Waals surface area contributed by atoms with Crippen LogP contribution in [-0.2, 0) is 18.3 Å². The highest BCUT2D eigenvalue weighted by atomic mass is 15.2. The Hall–Kier alpha value is -7.42. The summed E-state index contributed by atoms with van der Waals surface area (Å²) in [5.74, 6) is 0.803. The van der Waals surface area contributed by atoms with E-state index in [0.29, 0.717) is 11.8 Å². The van der Waals surface area contributed by atoms with E-state index in [0.717, 1.165) is 25.7 Å². The van der Waals surface area contributed by atoms with Crippen LogP contribution < -0.4 is 9.80 Å². The van der Waals surface area contributed by atoms with Gasteiger partial charge >= 0.3 is 0 Å². The minimum absolute atomic E-state index is 0.178.